The maximum Gasteiger partial charge on any atom is 0.283 e. The summed E-state index contributed by atoms with van der Waals surface area (Å²) in [5.41, 5.74) is 3.48. The minimum atomic E-state index is -0.403. The van der Waals surface area contributed by atoms with E-state index in [9.17, 15) is 10.1 Å². The fourth-order valence-corrected chi connectivity index (χ4v) is 2.56. The van der Waals surface area contributed by atoms with Crippen LogP contribution >= 0.6 is 15.9 Å². The van der Waals surface area contributed by atoms with Crippen molar-refractivity contribution < 1.29 is 4.92 Å². The number of aryl methyl sites for hydroxylation is 1. The number of nitro groups is 1. The molecule has 2 aromatic rings. The highest BCUT2D eigenvalue weighted by Crippen LogP contribution is 2.28. The number of rotatable bonds is 5. The number of anilines is 1. The van der Waals surface area contributed by atoms with Crippen LogP contribution in [0.4, 0.5) is 11.4 Å². The van der Waals surface area contributed by atoms with Crippen LogP contribution < -0.4 is 5.32 Å². The van der Waals surface area contributed by atoms with E-state index in [-0.39, 0.29) is 5.69 Å². The Kier molecular flexibility index (Phi) is 4.74. The molecular weight excluding hydrogens is 320 g/mol. The first-order valence-corrected chi connectivity index (χ1v) is 7.15. The minimum Gasteiger partial charge on any atom is -0.381 e. The molecule has 0 spiro atoms. The average Bonchev–Trinajstić information content (AvgIpc) is 2.45. The monoisotopic (exact) mass is 334 g/mol. The predicted molar refractivity (Wildman–Crippen MR) is 83.9 cm³/mol. The smallest absolute Gasteiger partial charge is 0.283 e. The third-order valence-electron chi connectivity index (χ3n) is 3.13. The SMILES string of the molecule is CCc1ccccc1CNc1ccc([N+](=O)[O-])c(Br)c1. The van der Waals surface area contributed by atoms with E-state index in [1.54, 1.807) is 12.1 Å². The summed E-state index contributed by atoms with van der Waals surface area (Å²) in [4.78, 5) is 10.3. The minimum absolute atomic E-state index is 0.0736. The lowest BCUT2D eigenvalue weighted by atomic mass is 10.1. The summed E-state index contributed by atoms with van der Waals surface area (Å²) in [6.45, 7) is 2.83. The first kappa shape index (κ1) is 14.5. The number of benzene rings is 2. The van der Waals surface area contributed by atoms with Gasteiger partial charge >= 0.3 is 0 Å². The van der Waals surface area contributed by atoms with Crippen LogP contribution in [0.15, 0.2) is 46.9 Å². The van der Waals surface area contributed by atoms with Crippen molar-refractivity contribution in [3.63, 3.8) is 0 Å². The van der Waals surface area contributed by atoms with Gasteiger partial charge in [0.1, 0.15) is 0 Å². The molecule has 5 heteroatoms. The first-order valence-electron chi connectivity index (χ1n) is 6.36. The zero-order valence-electron chi connectivity index (χ0n) is 11.1. The van der Waals surface area contributed by atoms with E-state index < -0.39 is 4.92 Å². The Labute approximate surface area is 126 Å². The van der Waals surface area contributed by atoms with E-state index in [2.05, 4.69) is 40.3 Å². The van der Waals surface area contributed by atoms with Crippen LogP contribution in [0.2, 0.25) is 0 Å². The Hall–Kier alpha value is -1.88. The standard InChI is InChI=1S/C15H15BrN2O2/c1-2-11-5-3-4-6-12(11)10-17-13-7-8-15(18(19)20)14(16)9-13/h3-9,17H,2,10H2,1H3. The van der Waals surface area contributed by atoms with Gasteiger partial charge in [0.15, 0.2) is 0 Å². The Bertz CT molecular complexity index is 629. The van der Waals surface area contributed by atoms with Crippen LogP contribution in [0.3, 0.4) is 0 Å². The molecule has 0 heterocycles. The van der Waals surface area contributed by atoms with Crippen molar-refractivity contribution in [2.75, 3.05) is 5.32 Å². The van der Waals surface area contributed by atoms with E-state index in [1.807, 2.05) is 12.1 Å². The molecule has 0 saturated heterocycles. The average molecular weight is 335 g/mol. The molecule has 0 aliphatic rings. The van der Waals surface area contributed by atoms with E-state index in [0.29, 0.717) is 11.0 Å². The van der Waals surface area contributed by atoms with Crippen molar-refractivity contribution in [1.82, 2.24) is 0 Å². The third-order valence-corrected chi connectivity index (χ3v) is 3.76. The Morgan fingerprint density at radius 3 is 2.50 bits per heavy atom. The summed E-state index contributed by atoms with van der Waals surface area (Å²) in [7, 11) is 0. The van der Waals surface area contributed by atoms with Crippen LogP contribution in [0.25, 0.3) is 0 Å². The molecule has 0 radical (unpaired) electrons. The topological polar surface area (TPSA) is 55.2 Å². The fourth-order valence-electron chi connectivity index (χ4n) is 2.04. The van der Waals surface area contributed by atoms with Gasteiger partial charge in [0.05, 0.1) is 9.40 Å². The molecule has 2 rings (SSSR count). The Morgan fingerprint density at radius 2 is 1.90 bits per heavy atom. The van der Waals surface area contributed by atoms with Crippen molar-refractivity contribution in [2.24, 2.45) is 0 Å². The molecule has 0 fully saturated rings. The summed E-state index contributed by atoms with van der Waals surface area (Å²) in [6, 6.07) is 13.2. The Morgan fingerprint density at radius 1 is 1.20 bits per heavy atom. The van der Waals surface area contributed by atoms with Gasteiger partial charge in [-0.1, -0.05) is 31.2 Å². The quantitative estimate of drug-likeness (QED) is 0.645. The number of halogens is 1. The molecule has 0 bridgehead atoms. The van der Waals surface area contributed by atoms with Gasteiger partial charge in [-0.15, -0.1) is 0 Å². The van der Waals surface area contributed by atoms with Gasteiger partial charge in [0, 0.05) is 18.3 Å². The summed E-state index contributed by atoms with van der Waals surface area (Å²) < 4.78 is 0.483. The van der Waals surface area contributed by atoms with Gasteiger partial charge < -0.3 is 5.32 Å². The molecule has 0 aromatic heterocycles. The van der Waals surface area contributed by atoms with Crippen LogP contribution in [0, 0.1) is 10.1 Å². The van der Waals surface area contributed by atoms with Gasteiger partial charge in [-0.25, -0.2) is 0 Å². The summed E-state index contributed by atoms with van der Waals surface area (Å²) in [5, 5.41) is 14.0. The van der Waals surface area contributed by atoms with Crippen molar-refractivity contribution in [1.29, 1.82) is 0 Å². The second-order valence-corrected chi connectivity index (χ2v) is 5.25. The zero-order chi connectivity index (χ0) is 14.5. The zero-order valence-corrected chi connectivity index (χ0v) is 12.7. The summed E-state index contributed by atoms with van der Waals surface area (Å²) >= 11 is 3.22. The molecule has 0 aliphatic heterocycles. The summed E-state index contributed by atoms with van der Waals surface area (Å²) in [6.07, 6.45) is 0.988. The fraction of sp³-hybridized carbons (Fsp3) is 0.200. The normalized spacial score (nSPS) is 10.3. The van der Waals surface area contributed by atoms with Gasteiger partial charge in [-0.2, -0.15) is 0 Å². The van der Waals surface area contributed by atoms with E-state index in [1.165, 1.54) is 17.2 Å². The molecule has 0 atom stereocenters. The molecular formula is C15H15BrN2O2. The van der Waals surface area contributed by atoms with E-state index in [4.69, 9.17) is 0 Å². The highest BCUT2D eigenvalue weighted by Gasteiger charge is 2.11. The highest BCUT2D eigenvalue weighted by molar-refractivity contribution is 9.10. The largest absolute Gasteiger partial charge is 0.381 e. The molecule has 4 nitrogen and oxygen atoms in total. The molecule has 2 aromatic carbocycles. The maximum absolute atomic E-state index is 10.8. The number of hydrogen-bond donors (Lipinski definition) is 1. The maximum atomic E-state index is 10.8. The van der Waals surface area contributed by atoms with Crippen molar-refractivity contribution in [2.45, 2.75) is 19.9 Å². The molecule has 1 N–H and O–H groups in total. The van der Waals surface area contributed by atoms with Crippen LogP contribution in [-0.2, 0) is 13.0 Å². The first-order chi connectivity index (χ1) is 9.61. The lowest BCUT2D eigenvalue weighted by molar-refractivity contribution is -0.385. The predicted octanol–water partition coefficient (Wildman–Crippen LogP) is 4.53. The van der Waals surface area contributed by atoms with Crippen molar-refractivity contribution in [3.05, 3.63) is 68.2 Å². The van der Waals surface area contributed by atoms with E-state index in [0.717, 1.165) is 12.1 Å². The van der Waals surface area contributed by atoms with Crippen LogP contribution in [0.1, 0.15) is 18.1 Å². The van der Waals surface area contributed by atoms with Crippen molar-refractivity contribution in [3.8, 4) is 0 Å². The number of nitrogens with one attached hydrogen (secondary N) is 1. The van der Waals surface area contributed by atoms with Crippen LogP contribution in [-0.4, -0.2) is 4.92 Å². The lowest BCUT2D eigenvalue weighted by Crippen LogP contribution is -2.02. The molecule has 0 aliphatic carbocycles. The Balaban J connectivity index is 2.11. The second-order valence-electron chi connectivity index (χ2n) is 4.40. The van der Waals surface area contributed by atoms with Gasteiger partial charge in [0.25, 0.3) is 5.69 Å². The highest BCUT2D eigenvalue weighted by atomic mass is 79.9. The van der Waals surface area contributed by atoms with Crippen molar-refractivity contribution >= 4 is 27.3 Å². The van der Waals surface area contributed by atoms with Crippen LogP contribution in [0.5, 0.6) is 0 Å². The molecule has 0 amide bonds. The third kappa shape index (κ3) is 3.36. The lowest BCUT2D eigenvalue weighted by Gasteiger charge is -2.10. The van der Waals surface area contributed by atoms with Gasteiger partial charge in [-0.3, -0.25) is 10.1 Å². The summed E-state index contributed by atoms with van der Waals surface area (Å²) in [5.74, 6) is 0. The second kappa shape index (κ2) is 6.52. The molecule has 0 unspecified atom stereocenters. The molecule has 0 saturated carbocycles. The number of nitro benzene ring substituents is 1. The number of hydrogen-bond acceptors (Lipinski definition) is 3. The van der Waals surface area contributed by atoms with Gasteiger partial charge in [0.2, 0.25) is 0 Å². The van der Waals surface area contributed by atoms with E-state index >= 15 is 0 Å². The van der Waals surface area contributed by atoms with Gasteiger partial charge in [-0.05, 0) is 45.6 Å². The number of nitrogens with zero attached hydrogens (tertiary/aromatic N) is 1. The molecule has 104 valence electrons. The molecule has 20 heavy (non-hydrogen) atoms.